The predicted molar refractivity (Wildman–Crippen MR) is 108 cm³/mol. The van der Waals surface area contributed by atoms with Gasteiger partial charge in [-0.25, -0.2) is 4.68 Å². The van der Waals surface area contributed by atoms with E-state index in [1.165, 1.54) is 5.56 Å². The standard InChI is InChI=1S/C20H20ClN3OS/c1-15(18-5-2-3-6-19(18)21)23-20(25)14-26-13-16-7-9-17(10-8-16)24-12-4-11-22-24/h2-12,15H,13-14H2,1H3,(H,23,25)/t15-/m0/s1. The normalized spacial score (nSPS) is 11.9. The third-order valence-electron chi connectivity index (χ3n) is 3.96. The molecule has 3 rings (SSSR count). The first-order chi connectivity index (χ1) is 12.6. The van der Waals surface area contributed by atoms with Gasteiger partial charge in [-0.05, 0) is 42.3 Å². The summed E-state index contributed by atoms with van der Waals surface area (Å²) >= 11 is 7.77. The zero-order chi connectivity index (χ0) is 18.4. The second kappa shape index (κ2) is 8.92. The van der Waals surface area contributed by atoms with Gasteiger partial charge in [-0.3, -0.25) is 4.79 Å². The van der Waals surface area contributed by atoms with Gasteiger partial charge in [-0.15, -0.1) is 11.8 Å². The molecule has 0 spiro atoms. The van der Waals surface area contributed by atoms with Crippen molar-refractivity contribution in [2.24, 2.45) is 0 Å². The Hall–Kier alpha value is -2.24. The SMILES string of the molecule is C[C@H](NC(=O)CSCc1ccc(-n2cccn2)cc1)c1ccccc1Cl. The molecule has 2 aromatic carbocycles. The largest absolute Gasteiger partial charge is 0.349 e. The fraction of sp³-hybridized carbons (Fsp3) is 0.200. The summed E-state index contributed by atoms with van der Waals surface area (Å²) in [6, 6.07) is 17.5. The molecule has 4 nitrogen and oxygen atoms in total. The van der Waals surface area contributed by atoms with Crippen LogP contribution >= 0.6 is 23.4 Å². The maximum atomic E-state index is 12.2. The number of benzene rings is 2. The molecule has 0 unspecified atom stereocenters. The molecule has 1 aromatic heterocycles. The Bertz CT molecular complexity index is 850. The number of hydrogen-bond donors (Lipinski definition) is 1. The van der Waals surface area contributed by atoms with Crippen LogP contribution in [0.3, 0.4) is 0 Å². The van der Waals surface area contributed by atoms with E-state index in [4.69, 9.17) is 11.6 Å². The lowest BCUT2D eigenvalue weighted by Crippen LogP contribution is -2.28. The van der Waals surface area contributed by atoms with Crippen molar-refractivity contribution in [3.8, 4) is 5.69 Å². The lowest BCUT2D eigenvalue weighted by atomic mass is 10.1. The van der Waals surface area contributed by atoms with Crippen LogP contribution in [0, 0.1) is 0 Å². The first kappa shape index (κ1) is 18.5. The first-order valence-corrected chi connectivity index (χ1v) is 9.87. The van der Waals surface area contributed by atoms with E-state index in [2.05, 4.69) is 22.5 Å². The lowest BCUT2D eigenvalue weighted by molar-refractivity contribution is -0.119. The highest BCUT2D eigenvalue weighted by molar-refractivity contribution is 7.99. The van der Waals surface area contributed by atoms with Crippen LogP contribution < -0.4 is 5.32 Å². The van der Waals surface area contributed by atoms with Crippen LogP contribution in [0.25, 0.3) is 5.69 Å². The Kier molecular flexibility index (Phi) is 6.36. The number of halogens is 1. The molecule has 0 saturated heterocycles. The number of aromatic nitrogens is 2. The second-order valence-corrected chi connectivity index (χ2v) is 7.31. The highest BCUT2D eigenvalue weighted by Gasteiger charge is 2.12. The third-order valence-corrected chi connectivity index (χ3v) is 5.30. The maximum Gasteiger partial charge on any atom is 0.230 e. The van der Waals surface area contributed by atoms with E-state index < -0.39 is 0 Å². The number of nitrogens with one attached hydrogen (secondary N) is 1. The summed E-state index contributed by atoms with van der Waals surface area (Å²) in [6.07, 6.45) is 3.67. The summed E-state index contributed by atoms with van der Waals surface area (Å²) in [4.78, 5) is 12.2. The summed E-state index contributed by atoms with van der Waals surface area (Å²) in [5.41, 5.74) is 3.13. The number of thioether (sulfide) groups is 1. The number of amides is 1. The van der Waals surface area contributed by atoms with E-state index in [1.54, 1.807) is 18.0 Å². The minimum atomic E-state index is -0.106. The number of rotatable bonds is 7. The van der Waals surface area contributed by atoms with Crippen molar-refractivity contribution < 1.29 is 4.79 Å². The molecular weight excluding hydrogens is 366 g/mol. The van der Waals surface area contributed by atoms with Crippen molar-refractivity contribution in [2.75, 3.05) is 5.75 Å². The number of carbonyl (C=O) groups is 1. The molecule has 1 atom stereocenters. The fourth-order valence-corrected chi connectivity index (χ4v) is 3.71. The summed E-state index contributed by atoms with van der Waals surface area (Å²) in [5.74, 6) is 1.21. The molecule has 0 fully saturated rings. The van der Waals surface area contributed by atoms with Gasteiger partial charge in [0.15, 0.2) is 0 Å². The van der Waals surface area contributed by atoms with E-state index in [9.17, 15) is 4.79 Å². The Morgan fingerprint density at radius 1 is 1.19 bits per heavy atom. The van der Waals surface area contributed by atoms with Crippen LogP contribution in [0.5, 0.6) is 0 Å². The van der Waals surface area contributed by atoms with Gasteiger partial charge in [-0.1, -0.05) is 41.9 Å². The van der Waals surface area contributed by atoms with Crippen LogP contribution in [-0.4, -0.2) is 21.4 Å². The topological polar surface area (TPSA) is 46.9 Å². The Morgan fingerprint density at radius 3 is 2.65 bits per heavy atom. The van der Waals surface area contributed by atoms with Gasteiger partial charge in [0, 0.05) is 23.2 Å². The van der Waals surface area contributed by atoms with E-state index in [-0.39, 0.29) is 11.9 Å². The van der Waals surface area contributed by atoms with E-state index >= 15 is 0 Å². The average molecular weight is 386 g/mol. The van der Waals surface area contributed by atoms with Crippen molar-refractivity contribution in [1.82, 2.24) is 15.1 Å². The molecule has 1 heterocycles. The summed E-state index contributed by atoms with van der Waals surface area (Å²) in [6.45, 7) is 1.94. The molecule has 1 N–H and O–H groups in total. The molecule has 0 aliphatic rings. The summed E-state index contributed by atoms with van der Waals surface area (Å²) in [5, 5.41) is 7.88. The molecule has 1 amide bonds. The quantitative estimate of drug-likeness (QED) is 0.644. The average Bonchev–Trinajstić information content (AvgIpc) is 3.17. The predicted octanol–water partition coefficient (Wildman–Crippen LogP) is 4.64. The molecule has 3 aromatic rings. The smallest absolute Gasteiger partial charge is 0.230 e. The molecule has 0 aliphatic heterocycles. The van der Waals surface area contributed by atoms with Gasteiger partial charge in [-0.2, -0.15) is 5.10 Å². The van der Waals surface area contributed by atoms with Crippen molar-refractivity contribution in [3.05, 3.63) is 83.1 Å². The highest BCUT2D eigenvalue weighted by atomic mass is 35.5. The molecule has 26 heavy (non-hydrogen) atoms. The van der Waals surface area contributed by atoms with Crippen LogP contribution in [-0.2, 0) is 10.5 Å². The summed E-state index contributed by atoms with van der Waals surface area (Å²) in [7, 11) is 0. The molecule has 0 saturated carbocycles. The Morgan fingerprint density at radius 2 is 1.96 bits per heavy atom. The summed E-state index contributed by atoms with van der Waals surface area (Å²) < 4.78 is 1.82. The minimum absolute atomic E-state index is 0.00980. The molecule has 0 aliphatic carbocycles. The Labute approximate surface area is 162 Å². The monoisotopic (exact) mass is 385 g/mol. The van der Waals surface area contributed by atoms with Gasteiger partial charge in [0.25, 0.3) is 0 Å². The van der Waals surface area contributed by atoms with Crippen molar-refractivity contribution in [2.45, 2.75) is 18.7 Å². The lowest BCUT2D eigenvalue weighted by Gasteiger charge is -2.15. The molecule has 0 bridgehead atoms. The molecule has 134 valence electrons. The van der Waals surface area contributed by atoms with Crippen LogP contribution in [0.4, 0.5) is 0 Å². The van der Waals surface area contributed by atoms with E-state index in [0.717, 1.165) is 17.0 Å². The van der Waals surface area contributed by atoms with Crippen LogP contribution in [0.1, 0.15) is 24.1 Å². The molecule has 6 heteroatoms. The first-order valence-electron chi connectivity index (χ1n) is 8.34. The number of carbonyl (C=O) groups excluding carboxylic acids is 1. The third kappa shape index (κ3) is 4.90. The zero-order valence-corrected chi connectivity index (χ0v) is 16.0. The van der Waals surface area contributed by atoms with Gasteiger partial charge >= 0.3 is 0 Å². The van der Waals surface area contributed by atoms with Gasteiger partial charge in [0.05, 0.1) is 17.5 Å². The van der Waals surface area contributed by atoms with Gasteiger partial charge < -0.3 is 5.32 Å². The van der Waals surface area contributed by atoms with E-state index in [1.807, 2.05) is 60.3 Å². The number of hydrogen-bond acceptors (Lipinski definition) is 3. The molecular formula is C20H20ClN3OS. The number of nitrogens with zero attached hydrogens (tertiary/aromatic N) is 2. The van der Waals surface area contributed by atoms with Crippen molar-refractivity contribution in [3.63, 3.8) is 0 Å². The fourth-order valence-electron chi connectivity index (χ4n) is 2.62. The van der Waals surface area contributed by atoms with Gasteiger partial charge in [0.2, 0.25) is 5.91 Å². The molecule has 0 radical (unpaired) electrons. The second-order valence-electron chi connectivity index (χ2n) is 5.92. The van der Waals surface area contributed by atoms with Crippen molar-refractivity contribution in [1.29, 1.82) is 0 Å². The van der Waals surface area contributed by atoms with Crippen LogP contribution in [0.2, 0.25) is 5.02 Å². The minimum Gasteiger partial charge on any atom is -0.349 e. The van der Waals surface area contributed by atoms with Gasteiger partial charge in [0.1, 0.15) is 0 Å². The van der Waals surface area contributed by atoms with E-state index in [0.29, 0.717) is 10.8 Å². The zero-order valence-electron chi connectivity index (χ0n) is 14.4. The highest BCUT2D eigenvalue weighted by Crippen LogP contribution is 2.22. The maximum absolute atomic E-state index is 12.2. The van der Waals surface area contributed by atoms with Crippen molar-refractivity contribution >= 4 is 29.3 Å². The Balaban J connectivity index is 1.46. The van der Waals surface area contributed by atoms with Crippen LogP contribution in [0.15, 0.2) is 67.0 Å².